The van der Waals surface area contributed by atoms with Gasteiger partial charge in [-0.1, -0.05) is 19.1 Å². The molecule has 6 nitrogen and oxygen atoms in total. The number of fused-ring (bicyclic) bond motifs is 1. The van der Waals surface area contributed by atoms with E-state index in [0.717, 1.165) is 12.1 Å². The number of nitrogens with zero attached hydrogens (tertiary/aromatic N) is 4. The minimum absolute atomic E-state index is 0.142. The Morgan fingerprint density at radius 2 is 1.94 bits per heavy atom. The zero-order valence-corrected chi connectivity index (χ0v) is 17.1. The molecule has 10 heteroatoms. The molecule has 1 aliphatic heterocycles. The maximum Gasteiger partial charge on any atom is 0.416 e. The molecule has 0 N–H and O–H groups in total. The minimum atomic E-state index is -4.71. The average molecular weight is 446 g/mol. The van der Waals surface area contributed by atoms with Gasteiger partial charge in [-0.05, 0) is 35.4 Å². The van der Waals surface area contributed by atoms with E-state index in [2.05, 4.69) is 10.2 Å². The summed E-state index contributed by atoms with van der Waals surface area (Å²) in [6, 6.07) is 8.35. The zero-order chi connectivity index (χ0) is 23.2. The van der Waals surface area contributed by atoms with Gasteiger partial charge in [0.25, 0.3) is 5.91 Å². The van der Waals surface area contributed by atoms with Crippen LogP contribution in [0.15, 0.2) is 42.7 Å². The number of amides is 1. The Hall–Kier alpha value is -3.56. The molecule has 0 bridgehead atoms. The summed E-state index contributed by atoms with van der Waals surface area (Å²) in [5, 5.41) is 7.47. The highest BCUT2D eigenvalue weighted by molar-refractivity contribution is 6.11. The highest BCUT2D eigenvalue weighted by Gasteiger charge is 2.40. The lowest BCUT2D eigenvalue weighted by Crippen LogP contribution is -2.23. The van der Waals surface area contributed by atoms with Gasteiger partial charge < -0.3 is 9.47 Å². The number of anilines is 1. The molecule has 3 aromatic rings. The Morgan fingerprint density at radius 1 is 1.19 bits per heavy atom. The van der Waals surface area contributed by atoms with Crippen molar-refractivity contribution < 1.29 is 27.2 Å². The van der Waals surface area contributed by atoms with Crippen LogP contribution in [0.1, 0.15) is 62.2 Å². The van der Waals surface area contributed by atoms with E-state index in [1.54, 1.807) is 38.2 Å². The third-order valence-corrected chi connectivity index (χ3v) is 5.65. The van der Waals surface area contributed by atoms with E-state index in [9.17, 15) is 22.8 Å². The molecule has 2 unspecified atom stereocenters. The van der Waals surface area contributed by atoms with Crippen LogP contribution in [-0.2, 0) is 19.8 Å². The number of rotatable bonds is 5. The van der Waals surface area contributed by atoms with Crippen LogP contribution in [0.25, 0.3) is 0 Å². The van der Waals surface area contributed by atoms with Crippen molar-refractivity contribution in [3.8, 4) is 0 Å². The lowest BCUT2D eigenvalue weighted by atomic mass is 9.95. The Kier molecular flexibility index (Phi) is 5.31. The predicted octanol–water partition coefficient (Wildman–Crippen LogP) is 4.62. The van der Waals surface area contributed by atoms with Crippen molar-refractivity contribution in [1.29, 1.82) is 0 Å². The minimum Gasteiger partial charge on any atom is -0.318 e. The number of benzene rings is 2. The summed E-state index contributed by atoms with van der Waals surface area (Å²) in [5.74, 6) is -1.15. The summed E-state index contributed by atoms with van der Waals surface area (Å²) < 4.78 is 57.1. The number of hydrogen-bond acceptors (Lipinski definition) is 4. The molecular weight excluding hydrogens is 428 g/mol. The van der Waals surface area contributed by atoms with Gasteiger partial charge in [-0.3, -0.25) is 9.59 Å². The monoisotopic (exact) mass is 446 g/mol. The summed E-state index contributed by atoms with van der Waals surface area (Å²) in [5.41, 5.74) is -0.703. The number of aryl methyl sites for hydroxylation is 1. The SMILES string of the molecule is CC(c1cccc(N2Cc3c(cc(C=O)cc3C(F)(F)F)C2=O)c1)C(F)c1nncn1C. The lowest BCUT2D eigenvalue weighted by Gasteiger charge is -2.21. The van der Waals surface area contributed by atoms with Crippen molar-refractivity contribution in [2.45, 2.75) is 31.7 Å². The molecule has 32 heavy (non-hydrogen) atoms. The molecular formula is C22H18F4N4O2. The molecule has 1 amide bonds. The van der Waals surface area contributed by atoms with Crippen molar-refractivity contribution in [1.82, 2.24) is 14.8 Å². The summed E-state index contributed by atoms with van der Waals surface area (Å²) in [6.07, 6.45) is -4.53. The molecule has 0 spiro atoms. The lowest BCUT2D eigenvalue weighted by molar-refractivity contribution is -0.138. The fraction of sp³-hybridized carbons (Fsp3) is 0.273. The van der Waals surface area contributed by atoms with Gasteiger partial charge in [0.2, 0.25) is 0 Å². The standard InChI is InChI=1S/C22H18F4N4O2/c1-12(19(23)20-28-27-11-29(20)2)14-4-3-5-15(8-14)30-9-17-16(21(30)32)6-13(10-31)7-18(17)22(24,25)26/h3-8,10-12,19H,9H2,1-2H3. The quantitative estimate of drug-likeness (QED) is 0.424. The van der Waals surface area contributed by atoms with Crippen molar-refractivity contribution in [2.24, 2.45) is 7.05 Å². The fourth-order valence-corrected chi connectivity index (χ4v) is 3.87. The molecule has 4 rings (SSSR count). The maximum atomic E-state index is 15.0. The van der Waals surface area contributed by atoms with Crippen molar-refractivity contribution in [3.63, 3.8) is 0 Å². The topological polar surface area (TPSA) is 68.1 Å². The number of halogens is 4. The van der Waals surface area contributed by atoms with Gasteiger partial charge in [0.1, 0.15) is 12.6 Å². The van der Waals surface area contributed by atoms with Gasteiger partial charge in [0.15, 0.2) is 12.0 Å². The second kappa shape index (κ2) is 7.85. The molecule has 2 aromatic carbocycles. The van der Waals surface area contributed by atoms with Crippen LogP contribution >= 0.6 is 0 Å². The van der Waals surface area contributed by atoms with E-state index in [4.69, 9.17) is 0 Å². The van der Waals surface area contributed by atoms with Crippen molar-refractivity contribution >= 4 is 17.9 Å². The predicted molar refractivity (Wildman–Crippen MR) is 107 cm³/mol. The third kappa shape index (κ3) is 3.65. The zero-order valence-electron chi connectivity index (χ0n) is 17.1. The van der Waals surface area contributed by atoms with Gasteiger partial charge in [-0.25, -0.2) is 4.39 Å². The number of carbonyl (C=O) groups is 2. The van der Waals surface area contributed by atoms with E-state index in [0.29, 0.717) is 11.3 Å². The van der Waals surface area contributed by atoms with Gasteiger partial charge in [0, 0.05) is 29.8 Å². The Balaban J connectivity index is 1.69. The summed E-state index contributed by atoms with van der Waals surface area (Å²) in [4.78, 5) is 25.2. The average Bonchev–Trinajstić information content (AvgIpc) is 3.34. The van der Waals surface area contributed by atoms with Crippen LogP contribution < -0.4 is 4.90 Å². The van der Waals surface area contributed by atoms with Crippen molar-refractivity contribution in [2.75, 3.05) is 4.90 Å². The van der Waals surface area contributed by atoms with Gasteiger partial charge in [-0.2, -0.15) is 13.2 Å². The van der Waals surface area contributed by atoms with E-state index in [1.807, 2.05) is 0 Å². The van der Waals surface area contributed by atoms with Gasteiger partial charge in [0.05, 0.1) is 12.1 Å². The van der Waals surface area contributed by atoms with E-state index < -0.39 is 29.7 Å². The molecule has 1 aliphatic rings. The van der Waals surface area contributed by atoms with Gasteiger partial charge >= 0.3 is 6.18 Å². The summed E-state index contributed by atoms with van der Waals surface area (Å²) in [6.45, 7) is 1.35. The number of alkyl halides is 4. The highest BCUT2D eigenvalue weighted by atomic mass is 19.4. The first kappa shape index (κ1) is 21.7. The van der Waals surface area contributed by atoms with E-state index >= 15 is 4.39 Å². The number of hydrogen-bond donors (Lipinski definition) is 0. The fourth-order valence-electron chi connectivity index (χ4n) is 3.87. The first-order chi connectivity index (χ1) is 15.1. The normalized spacial score (nSPS) is 15.6. The van der Waals surface area contributed by atoms with Crippen LogP contribution in [0.5, 0.6) is 0 Å². The molecule has 0 radical (unpaired) electrons. The molecule has 1 aromatic heterocycles. The number of carbonyl (C=O) groups excluding carboxylic acids is 2. The number of aromatic nitrogens is 3. The largest absolute Gasteiger partial charge is 0.416 e. The maximum absolute atomic E-state index is 15.0. The first-order valence-electron chi connectivity index (χ1n) is 9.71. The van der Waals surface area contributed by atoms with Gasteiger partial charge in [-0.15, -0.1) is 10.2 Å². The second-order valence-corrected chi connectivity index (χ2v) is 7.69. The van der Waals surface area contributed by atoms with Crippen LogP contribution in [0.2, 0.25) is 0 Å². The number of aldehydes is 1. The molecule has 0 aliphatic carbocycles. The smallest absolute Gasteiger partial charge is 0.318 e. The molecule has 0 fully saturated rings. The first-order valence-corrected chi connectivity index (χ1v) is 9.71. The summed E-state index contributed by atoms with van der Waals surface area (Å²) in [7, 11) is 1.62. The third-order valence-electron chi connectivity index (χ3n) is 5.65. The molecule has 2 heterocycles. The molecule has 166 valence electrons. The molecule has 2 atom stereocenters. The van der Waals surface area contributed by atoms with Crippen LogP contribution in [-0.4, -0.2) is 27.0 Å². The Morgan fingerprint density at radius 3 is 2.56 bits per heavy atom. The van der Waals surface area contributed by atoms with Crippen LogP contribution in [0.3, 0.4) is 0 Å². The highest BCUT2D eigenvalue weighted by Crippen LogP contribution is 2.40. The second-order valence-electron chi connectivity index (χ2n) is 7.69. The van der Waals surface area contributed by atoms with Crippen LogP contribution in [0.4, 0.5) is 23.2 Å². The summed E-state index contributed by atoms with van der Waals surface area (Å²) >= 11 is 0. The molecule has 0 saturated heterocycles. The molecule has 0 saturated carbocycles. The van der Waals surface area contributed by atoms with Crippen LogP contribution in [0, 0.1) is 0 Å². The Bertz CT molecular complexity index is 1200. The van der Waals surface area contributed by atoms with E-state index in [1.165, 1.54) is 15.8 Å². The van der Waals surface area contributed by atoms with E-state index in [-0.39, 0.29) is 35.3 Å². The Labute approximate surface area is 180 Å². The van der Waals surface area contributed by atoms with Crippen molar-refractivity contribution in [3.05, 3.63) is 76.4 Å².